The van der Waals surface area contributed by atoms with Gasteiger partial charge in [0.1, 0.15) is 0 Å². The molecule has 0 aliphatic heterocycles. The van der Waals surface area contributed by atoms with Gasteiger partial charge in [-0.25, -0.2) is 4.79 Å². The lowest BCUT2D eigenvalue weighted by molar-refractivity contribution is -0.385. The van der Waals surface area contributed by atoms with Gasteiger partial charge in [0.15, 0.2) is 11.5 Å². The van der Waals surface area contributed by atoms with Gasteiger partial charge >= 0.3 is 17.8 Å². The Kier molecular flexibility index (Phi) is 5.26. The smallest absolute Gasteiger partial charge is 0.416 e. The molecule has 138 valence electrons. The molecule has 0 saturated heterocycles. The van der Waals surface area contributed by atoms with Crippen LogP contribution in [0.3, 0.4) is 0 Å². The lowest BCUT2D eigenvalue weighted by Crippen LogP contribution is -2.06. The van der Waals surface area contributed by atoms with Crippen molar-refractivity contribution in [2.45, 2.75) is 6.18 Å². The Balaban J connectivity index is 2.55. The molecule has 0 aliphatic rings. The number of alkyl halides is 3. The van der Waals surface area contributed by atoms with E-state index in [1.54, 1.807) is 0 Å². The summed E-state index contributed by atoms with van der Waals surface area (Å²) in [6, 6.07) is 3.76. The molecular weight excluding hydrogens is 383 g/mol. The molecule has 11 heteroatoms. The van der Waals surface area contributed by atoms with E-state index in [-0.39, 0.29) is 22.1 Å². The maximum Gasteiger partial charge on any atom is 0.416 e. The van der Waals surface area contributed by atoms with Crippen LogP contribution in [0, 0.1) is 10.1 Å². The Labute approximate surface area is 148 Å². The van der Waals surface area contributed by atoms with Crippen molar-refractivity contribution in [1.82, 2.24) is 0 Å². The molecule has 2 aromatic rings. The van der Waals surface area contributed by atoms with Crippen LogP contribution in [0.5, 0.6) is 17.2 Å². The number of carboxylic acid groups (broad SMARTS) is 1. The van der Waals surface area contributed by atoms with Gasteiger partial charge in [-0.15, -0.1) is 0 Å². The maximum absolute atomic E-state index is 12.7. The van der Waals surface area contributed by atoms with E-state index in [0.717, 1.165) is 18.2 Å². The van der Waals surface area contributed by atoms with Gasteiger partial charge in [-0.1, -0.05) is 11.6 Å². The number of rotatable bonds is 5. The van der Waals surface area contributed by atoms with Gasteiger partial charge in [-0.3, -0.25) is 10.1 Å². The molecule has 26 heavy (non-hydrogen) atoms. The van der Waals surface area contributed by atoms with Crippen LogP contribution in [0.25, 0.3) is 0 Å². The Morgan fingerprint density at radius 2 is 1.88 bits per heavy atom. The van der Waals surface area contributed by atoms with Crippen LogP contribution >= 0.6 is 11.6 Å². The summed E-state index contributed by atoms with van der Waals surface area (Å²) in [5.74, 6) is -2.27. The fourth-order valence-electron chi connectivity index (χ4n) is 1.98. The van der Waals surface area contributed by atoms with E-state index in [4.69, 9.17) is 26.2 Å². The van der Waals surface area contributed by atoms with Crippen molar-refractivity contribution in [3.05, 3.63) is 56.6 Å². The van der Waals surface area contributed by atoms with Crippen molar-refractivity contribution in [2.75, 3.05) is 7.11 Å². The first-order valence-electron chi connectivity index (χ1n) is 6.69. The fourth-order valence-corrected chi connectivity index (χ4v) is 2.22. The zero-order valence-electron chi connectivity index (χ0n) is 12.8. The minimum atomic E-state index is -4.78. The summed E-state index contributed by atoms with van der Waals surface area (Å²) in [7, 11) is 1.17. The van der Waals surface area contributed by atoms with Gasteiger partial charge in [-0.05, 0) is 24.3 Å². The molecule has 0 aliphatic carbocycles. The number of halogens is 4. The predicted molar refractivity (Wildman–Crippen MR) is 83.1 cm³/mol. The number of carbonyl (C=O) groups is 1. The molecule has 2 rings (SSSR count). The van der Waals surface area contributed by atoms with E-state index in [1.165, 1.54) is 7.11 Å². The van der Waals surface area contributed by atoms with Crippen LogP contribution in [-0.4, -0.2) is 23.1 Å². The van der Waals surface area contributed by atoms with Crippen molar-refractivity contribution >= 4 is 23.3 Å². The largest absolute Gasteiger partial charge is 0.493 e. The third-order valence-electron chi connectivity index (χ3n) is 3.17. The fraction of sp³-hybridized carbons (Fsp3) is 0.133. The van der Waals surface area contributed by atoms with E-state index >= 15 is 0 Å². The number of ether oxygens (including phenoxy) is 2. The van der Waals surface area contributed by atoms with Gasteiger partial charge in [0.05, 0.1) is 28.2 Å². The molecule has 0 aromatic heterocycles. The van der Waals surface area contributed by atoms with Crippen molar-refractivity contribution in [3.63, 3.8) is 0 Å². The van der Waals surface area contributed by atoms with Crippen LogP contribution in [0.2, 0.25) is 5.02 Å². The lowest BCUT2D eigenvalue weighted by atomic mass is 10.1. The molecule has 1 N–H and O–H groups in total. The molecule has 0 saturated carbocycles. The van der Waals surface area contributed by atoms with Crippen LogP contribution in [0.4, 0.5) is 18.9 Å². The minimum absolute atomic E-state index is 0.163. The van der Waals surface area contributed by atoms with Crippen LogP contribution in [0.1, 0.15) is 15.9 Å². The Morgan fingerprint density at radius 3 is 2.38 bits per heavy atom. The molecule has 0 unspecified atom stereocenters. The molecule has 0 radical (unpaired) electrons. The second-order valence-electron chi connectivity index (χ2n) is 4.83. The summed E-state index contributed by atoms with van der Waals surface area (Å²) in [4.78, 5) is 21.1. The summed E-state index contributed by atoms with van der Waals surface area (Å²) in [5, 5.41) is 19.8. The second kappa shape index (κ2) is 7.08. The highest BCUT2D eigenvalue weighted by molar-refractivity contribution is 6.32. The van der Waals surface area contributed by atoms with E-state index < -0.39 is 34.1 Å². The van der Waals surface area contributed by atoms with Crippen molar-refractivity contribution in [2.24, 2.45) is 0 Å². The molecular formula is C15H9ClF3NO6. The third-order valence-corrected chi connectivity index (χ3v) is 3.45. The molecule has 0 heterocycles. The Morgan fingerprint density at radius 1 is 1.23 bits per heavy atom. The molecule has 0 atom stereocenters. The first-order valence-corrected chi connectivity index (χ1v) is 7.06. The van der Waals surface area contributed by atoms with Gasteiger partial charge < -0.3 is 14.6 Å². The summed E-state index contributed by atoms with van der Waals surface area (Å²) in [5.41, 5.74) is -2.41. The molecule has 0 amide bonds. The molecule has 0 fully saturated rings. The van der Waals surface area contributed by atoms with Gasteiger partial charge in [0, 0.05) is 6.07 Å². The summed E-state index contributed by atoms with van der Waals surface area (Å²) >= 11 is 5.92. The minimum Gasteiger partial charge on any atom is -0.493 e. The topological polar surface area (TPSA) is 98.9 Å². The van der Waals surface area contributed by atoms with Crippen LogP contribution in [0.15, 0.2) is 30.3 Å². The third kappa shape index (κ3) is 3.97. The maximum atomic E-state index is 12.7. The van der Waals surface area contributed by atoms with Gasteiger partial charge in [-0.2, -0.15) is 13.2 Å². The Bertz CT molecular complexity index is 884. The highest BCUT2D eigenvalue weighted by atomic mass is 35.5. The molecule has 0 spiro atoms. The van der Waals surface area contributed by atoms with Gasteiger partial charge in [0.2, 0.25) is 5.75 Å². The van der Waals surface area contributed by atoms with Crippen molar-refractivity contribution in [1.29, 1.82) is 0 Å². The molecule has 7 nitrogen and oxygen atoms in total. The number of carboxylic acids is 1. The zero-order chi connectivity index (χ0) is 19.6. The quantitative estimate of drug-likeness (QED) is 0.582. The number of hydrogen-bond donors (Lipinski definition) is 1. The second-order valence-corrected chi connectivity index (χ2v) is 5.24. The predicted octanol–water partition coefficient (Wildman–Crippen LogP) is 4.77. The average molecular weight is 392 g/mol. The van der Waals surface area contributed by atoms with Crippen LogP contribution < -0.4 is 9.47 Å². The van der Waals surface area contributed by atoms with Crippen molar-refractivity contribution in [3.8, 4) is 17.2 Å². The van der Waals surface area contributed by atoms with E-state index in [0.29, 0.717) is 12.1 Å². The number of methoxy groups -OCH3 is 1. The lowest BCUT2D eigenvalue weighted by Gasteiger charge is -2.14. The number of nitro groups is 1. The van der Waals surface area contributed by atoms with Crippen molar-refractivity contribution < 1.29 is 37.5 Å². The monoisotopic (exact) mass is 391 g/mol. The van der Waals surface area contributed by atoms with Crippen LogP contribution in [-0.2, 0) is 6.18 Å². The number of nitro benzene ring substituents is 1. The molecule has 2 aromatic carbocycles. The SMILES string of the molecule is COc1cc(C(=O)O)cc(Cl)c1Oc1ccc(C(F)(F)F)cc1[N+](=O)[O-]. The highest BCUT2D eigenvalue weighted by Crippen LogP contribution is 2.43. The number of nitrogens with zero attached hydrogens (tertiary/aromatic N) is 1. The van der Waals surface area contributed by atoms with Gasteiger partial charge in [0.25, 0.3) is 0 Å². The normalized spacial score (nSPS) is 11.1. The number of benzene rings is 2. The Hall–Kier alpha value is -3.01. The van der Waals surface area contributed by atoms with E-state index in [2.05, 4.69) is 0 Å². The first-order chi connectivity index (χ1) is 12.0. The average Bonchev–Trinajstić information content (AvgIpc) is 2.55. The standard InChI is InChI=1S/C15H9ClF3NO6/c1-25-12-5-7(14(21)22)4-9(16)13(12)26-11-3-2-8(15(17,18)19)6-10(11)20(23)24/h2-6H,1H3,(H,21,22). The summed E-state index contributed by atoms with van der Waals surface area (Å²) < 4.78 is 48.4. The molecule has 0 bridgehead atoms. The van der Waals surface area contributed by atoms with E-state index in [9.17, 15) is 28.1 Å². The first kappa shape index (κ1) is 19.3. The zero-order valence-corrected chi connectivity index (χ0v) is 13.6. The highest BCUT2D eigenvalue weighted by Gasteiger charge is 2.33. The van der Waals surface area contributed by atoms with E-state index in [1.807, 2.05) is 0 Å². The summed E-state index contributed by atoms with van der Waals surface area (Å²) in [6.07, 6.45) is -4.78. The number of aromatic carboxylic acids is 1. The summed E-state index contributed by atoms with van der Waals surface area (Å²) in [6.45, 7) is 0. The number of hydrogen-bond acceptors (Lipinski definition) is 5.